The minimum atomic E-state index is -1.18. The quantitative estimate of drug-likeness (QED) is 0.750. The van der Waals surface area contributed by atoms with Crippen LogP contribution in [0.5, 0.6) is 0 Å². The van der Waals surface area contributed by atoms with Gasteiger partial charge in [-0.1, -0.05) is 0 Å². The monoisotopic (exact) mass is 243 g/mol. The van der Waals surface area contributed by atoms with E-state index < -0.39 is 11.5 Å². The van der Waals surface area contributed by atoms with Gasteiger partial charge in [0.25, 0.3) is 0 Å². The van der Waals surface area contributed by atoms with Gasteiger partial charge in [-0.15, -0.1) is 0 Å². The van der Waals surface area contributed by atoms with Crippen LogP contribution in [-0.2, 0) is 4.79 Å². The van der Waals surface area contributed by atoms with E-state index >= 15 is 0 Å². The maximum absolute atomic E-state index is 12.1. The molecule has 0 aliphatic carbocycles. The van der Waals surface area contributed by atoms with Gasteiger partial charge in [0.1, 0.15) is 5.54 Å². The fourth-order valence-corrected chi connectivity index (χ4v) is 1.59. The molecule has 1 heterocycles. The molecule has 17 heavy (non-hydrogen) atoms. The standard InChI is InChI=1S/C11H21N3O3/c1-11(2,9(15)16)13(4)10(17)14-7-5-12(3)6-8-14/h5-8H2,1-4H3,(H,15,16). The lowest BCUT2D eigenvalue weighted by Crippen LogP contribution is -2.58. The van der Waals surface area contributed by atoms with Crippen molar-refractivity contribution in [3.05, 3.63) is 0 Å². The van der Waals surface area contributed by atoms with Gasteiger partial charge in [0.2, 0.25) is 0 Å². The first-order chi connectivity index (χ1) is 7.76. The zero-order valence-electron chi connectivity index (χ0n) is 10.9. The molecule has 1 aliphatic rings. The molecule has 0 saturated carbocycles. The second kappa shape index (κ2) is 4.91. The first kappa shape index (κ1) is 13.8. The summed E-state index contributed by atoms with van der Waals surface area (Å²) in [5, 5.41) is 9.08. The molecule has 0 bridgehead atoms. The van der Waals surface area contributed by atoms with Crippen LogP contribution in [0.3, 0.4) is 0 Å². The van der Waals surface area contributed by atoms with Crippen molar-refractivity contribution >= 4 is 12.0 Å². The fraction of sp³-hybridized carbons (Fsp3) is 0.818. The number of carboxylic acids is 1. The third-order valence-electron chi connectivity index (χ3n) is 3.42. The van der Waals surface area contributed by atoms with E-state index in [1.165, 1.54) is 25.8 Å². The lowest BCUT2D eigenvalue weighted by Gasteiger charge is -2.39. The number of carbonyl (C=O) groups is 2. The Kier molecular flexibility index (Phi) is 3.98. The van der Waals surface area contributed by atoms with Gasteiger partial charge < -0.3 is 19.8 Å². The van der Waals surface area contributed by atoms with Crippen molar-refractivity contribution in [2.45, 2.75) is 19.4 Å². The molecule has 1 aliphatic heterocycles. The molecule has 98 valence electrons. The van der Waals surface area contributed by atoms with E-state index in [4.69, 9.17) is 5.11 Å². The molecule has 0 atom stereocenters. The number of nitrogens with zero attached hydrogens (tertiary/aromatic N) is 3. The second-order valence-electron chi connectivity index (χ2n) is 5.00. The maximum atomic E-state index is 12.1. The normalized spacial score (nSPS) is 18.0. The first-order valence-electron chi connectivity index (χ1n) is 5.71. The van der Waals surface area contributed by atoms with Gasteiger partial charge >= 0.3 is 12.0 Å². The SMILES string of the molecule is CN1CCN(C(=O)N(C)C(C)(C)C(=O)O)CC1. The van der Waals surface area contributed by atoms with E-state index in [0.717, 1.165) is 13.1 Å². The lowest BCUT2D eigenvalue weighted by molar-refractivity contribution is -0.147. The predicted octanol–water partition coefficient (Wildman–Crippen LogP) is 0.149. The maximum Gasteiger partial charge on any atom is 0.329 e. The van der Waals surface area contributed by atoms with Gasteiger partial charge in [0.15, 0.2) is 0 Å². The Labute approximate surface area is 102 Å². The van der Waals surface area contributed by atoms with Gasteiger partial charge in [-0.05, 0) is 20.9 Å². The number of urea groups is 1. The van der Waals surface area contributed by atoms with E-state index in [-0.39, 0.29) is 6.03 Å². The Balaban J connectivity index is 2.67. The summed E-state index contributed by atoms with van der Waals surface area (Å²) in [4.78, 5) is 28.3. The van der Waals surface area contributed by atoms with Crippen LogP contribution in [0.1, 0.15) is 13.8 Å². The number of carbonyl (C=O) groups excluding carboxylic acids is 1. The Morgan fingerprint density at radius 1 is 1.18 bits per heavy atom. The fourth-order valence-electron chi connectivity index (χ4n) is 1.59. The van der Waals surface area contributed by atoms with Crippen LogP contribution in [0.25, 0.3) is 0 Å². The number of amides is 2. The van der Waals surface area contributed by atoms with Crippen LogP contribution >= 0.6 is 0 Å². The van der Waals surface area contributed by atoms with Crippen LogP contribution < -0.4 is 0 Å². The van der Waals surface area contributed by atoms with Crippen molar-refractivity contribution in [3.63, 3.8) is 0 Å². The van der Waals surface area contributed by atoms with Crippen LogP contribution in [-0.4, -0.2) is 77.6 Å². The van der Waals surface area contributed by atoms with E-state index in [9.17, 15) is 9.59 Å². The minimum absolute atomic E-state index is 0.217. The molecule has 1 N–H and O–H groups in total. The molecule has 0 spiro atoms. The Bertz CT molecular complexity index is 309. The van der Waals surface area contributed by atoms with Crippen molar-refractivity contribution in [2.75, 3.05) is 40.3 Å². The van der Waals surface area contributed by atoms with Crippen molar-refractivity contribution in [1.82, 2.24) is 14.7 Å². The predicted molar refractivity (Wildman–Crippen MR) is 63.9 cm³/mol. The zero-order chi connectivity index (χ0) is 13.2. The van der Waals surface area contributed by atoms with Crippen LogP contribution in [0.4, 0.5) is 4.79 Å². The highest BCUT2D eigenvalue weighted by Gasteiger charge is 2.37. The summed E-state index contributed by atoms with van der Waals surface area (Å²) in [6.07, 6.45) is 0. The number of hydrogen-bond acceptors (Lipinski definition) is 3. The van der Waals surface area contributed by atoms with E-state index in [1.807, 2.05) is 7.05 Å². The lowest BCUT2D eigenvalue weighted by atomic mass is 10.0. The summed E-state index contributed by atoms with van der Waals surface area (Å²) >= 11 is 0. The number of carboxylic acid groups (broad SMARTS) is 1. The molecule has 6 heteroatoms. The topological polar surface area (TPSA) is 64.1 Å². The van der Waals surface area contributed by atoms with Crippen molar-refractivity contribution < 1.29 is 14.7 Å². The Morgan fingerprint density at radius 3 is 2.06 bits per heavy atom. The number of likely N-dealkylation sites (N-methyl/N-ethyl adjacent to an activating group) is 2. The third kappa shape index (κ3) is 2.88. The molecule has 0 aromatic rings. The summed E-state index contributed by atoms with van der Waals surface area (Å²) in [5.74, 6) is -0.998. The second-order valence-corrected chi connectivity index (χ2v) is 5.00. The van der Waals surface area contributed by atoms with Crippen LogP contribution in [0.15, 0.2) is 0 Å². The summed E-state index contributed by atoms with van der Waals surface area (Å²) in [6, 6.07) is -0.217. The first-order valence-corrected chi connectivity index (χ1v) is 5.71. The highest BCUT2D eigenvalue weighted by atomic mass is 16.4. The molecule has 6 nitrogen and oxygen atoms in total. The largest absolute Gasteiger partial charge is 0.480 e. The van der Waals surface area contributed by atoms with Gasteiger partial charge in [0.05, 0.1) is 0 Å². The van der Waals surface area contributed by atoms with Crippen LogP contribution in [0, 0.1) is 0 Å². The zero-order valence-corrected chi connectivity index (χ0v) is 10.9. The third-order valence-corrected chi connectivity index (χ3v) is 3.42. The summed E-state index contributed by atoms with van der Waals surface area (Å²) in [5.41, 5.74) is -1.18. The Hall–Kier alpha value is -1.30. The molecule has 2 amide bonds. The molecule has 1 fully saturated rings. The highest BCUT2D eigenvalue weighted by molar-refractivity contribution is 5.85. The van der Waals surface area contributed by atoms with Crippen LogP contribution in [0.2, 0.25) is 0 Å². The van der Waals surface area contributed by atoms with Gasteiger partial charge in [0, 0.05) is 33.2 Å². The molecular formula is C11H21N3O3. The summed E-state index contributed by atoms with van der Waals surface area (Å²) in [7, 11) is 3.54. The van der Waals surface area contributed by atoms with Crippen molar-refractivity contribution in [1.29, 1.82) is 0 Å². The smallest absolute Gasteiger partial charge is 0.329 e. The minimum Gasteiger partial charge on any atom is -0.480 e. The summed E-state index contributed by atoms with van der Waals surface area (Å²) < 4.78 is 0. The Morgan fingerprint density at radius 2 is 1.65 bits per heavy atom. The average Bonchev–Trinajstić information content (AvgIpc) is 2.27. The van der Waals surface area contributed by atoms with Crippen molar-refractivity contribution in [2.24, 2.45) is 0 Å². The molecule has 0 radical (unpaired) electrons. The van der Waals surface area contributed by atoms with Gasteiger partial charge in [-0.2, -0.15) is 0 Å². The van der Waals surface area contributed by atoms with Crippen molar-refractivity contribution in [3.8, 4) is 0 Å². The number of aliphatic carboxylic acids is 1. The van der Waals surface area contributed by atoms with Gasteiger partial charge in [-0.3, -0.25) is 0 Å². The molecule has 0 unspecified atom stereocenters. The molecular weight excluding hydrogens is 222 g/mol. The molecule has 1 saturated heterocycles. The number of rotatable bonds is 2. The van der Waals surface area contributed by atoms with E-state index in [1.54, 1.807) is 4.90 Å². The number of piperazine rings is 1. The summed E-state index contributed by atoms with van der Waals surface area (Å²) in [6.45, 7) is 6.01. The molecule has 1 rings (SSSR count). The highest BCUT2D eigenvalue weighted by Crippen LogP contribution is 2.15. The van der Waals surface area contributed by atoms with E-state index in [2.05, 4.69) is 4.90 Å². The van der Waals surface area contributed by atoms with E-state index in [0.29, 0.717) is 13.1 Å². The van der Waals surface area contributed by atoms with Gasteiger partial charge in [-0.25, -0.2) is 9.59 Å². The average molecular weight is 243 g/mol. The number of hydrogen-bond donors (Lipinski definition) is 1. The molecule has 0 aromatic heterocycles. The molecule has 0 aromatic carbocycles.